The van der Waals surface area contributed by atoms with Gasteiger partial charge in [0.25, 0.3) is 0 Å². The van der Waals surface area contributed by atoms with Crippen LogP contribution in [-0.2, 0) is 21.2 Å². The summed E-state index contributed by atoms with van der Waals surface area (Å²) in [6.07, 6.45) is 3.17. The van der Waals surface area contributed by atoms with Crippen molar-refractivity contribution in [2.75, 3.05) is 33.0 Å². The van der Waals surface area contributed by atoms with E-state index in [1.165, 1.54) is 7.11 Å². The molecule has 1 aliphatic heterocycles. The van der Waals surface area contributed by atoms with Gasteiger partial charge in [0.2, 0.25) is 21.8 Å². The maximum atomic E-state index is 12.4. The van der Waals surface area contributed by atoms with Gasteiger partial charge in [-0.25, -0.2) is 18.1 Å². The van der Waals surface area contributed by atoms with Gasteiger partial charge in [0, 0.05) is 25.7 Å². The molecule has 1 fully saturated rings. The van der Waals surface area contributed by atoms with Crippen LogP contribution in [0, 0.1) is 5.92 Å². The molecule has 1 atom stereocenters. The third-order valence-electron chi connectivity index (χ3n) is 3.83. The van der Waals surface area contributed by atoms with Crippen molar-refractivity contribution in [1.29, 1.82) is 0 Å². The Labute approximate surface area is 137 Å². The molecule has 128 valence electrons. The van der Waals surface area contributed by atoms with E-state index in [1.807, 2.05) is 6.07 Å². The number of hydrogen-bond donors (Lipinski definition) is 1. The second-order valence-electron chi connectivity index (χ2n) is 5.82. The van der Waals surface area contributed by atoms with E-state index in [9.17, 15) is 13.2 Å². The van der Waals surface area contributed by atoms with Crippen LogP contribution in [0.5, 0.6) is 5.88 Å². The molecule has 8 heteroatoms. The maximum absolute atomic E-state index is 12.4. The Hall–Kier alpha value is -1.67. The van der Waals surface area contributed by atoms with Crippen LogP contribution in [0.1, 0.15) is 18.5 Å². The average molecular weight is 341 g/mol. The van der Waals surface area contributed by atoms with E-state index in [4.69, 9.17) is 4.74 Å². The molecule has 7 nitrogen and oxygen atoms in total. The van der Waals surface area contributed by atoms with Crippen molar-refractivity contribution in [2.24, 2.45) is 5.92 Å². The van der Waals surface area contributed by atoms with E-state index in [2.05, 4.69) is 9.71 Å². The summed E-state index contributed by atoms with van der Waals surface area (Å²) in [6, 6.07) is 5.35. The van der Waals surface area contributed by atoms with E-state index < -0.39 is 10.0 Å². The Bertz CT molecular complexity index is 648. The van der Waals surface area contributed by atoms with Gasteiger partial charge in [-0.05, 0) is 24.8 Å². The number of carbonyl (C=O) groups excluding carboxylic acids is 1. The Morgan fingerprint density at radius 1 is 1.48 bits per heavy atom. The summed E-state index contributed by atoms with van der Waals surface area (Å²) in [5, 5.41) is 0. The number of aromatic nitrogens is 1. The van der Waals surface area contributed by atoms with Gasteiger partial charge in [-0.3, -0.25) is 4.79 Å². The van der Waals surface area contributed by atoms with Gasteiger partial charge in [0.15, 0.2) is 0 Å². The van der Waals surface area contributed by atoms with E-state index in [1.54, 1.807) is 17.0 Å². The van der Waals surface area contributed by atoms with Gasteiger partial charge in [0.05, 0.1) is 25.5 Å². The fourth-order valence-corrected chi connectivity index (χ4v) is 3.20. The smallest absolute Gasteiger partial charge is 0.228 e. The van der Waals surface area contributed by atoms with Crippen LogP contribution in [0.15, 0.2) is 18.2 Å². The normalized spacial score (nSPS) is 18.7. The lowest BCUT2D eigenvalue weighted by Crippen LogP contribution is -2.44. The van der Waals surface area contributed by atoms with Gasteiger partial charge < -0.3 is 9.64 Å². The minimum atomic E-state index is -3.19. The fraction of sp³-hybridized carbons (Fsp3) is 0.600. The quantitative estimate of drug-likeness (QED) is 0.810. The molecule has 1 aromatic heterocycles. The molecule has 1 aromatic rings. The van der Waals surface area contributed by atoms with Crippen LogP contribution in [0.2, 0.25) is 0 Å². The van der Waals surface area contributed by atoms with Crippen LogP contribution in [0.3, 0.4) is 0 Å². The lowest BCUT2D eigenvalue weighted by molar-refractivity contribution is -0.132. The van der Waals surface area contributed by atoms with Gasteiger partial charge in [-0.1, -0.05) is 6.07 Å². The van der Waals surface area contributed by atoms with E-state index in [0.29, 0.717) is 31.2 Å². The van der Waals surface area contributed by atoms with Crippen LogP contribution < -0.4 is 9.46 Å². The molecule has 1 saturated heterocycles. The van der Waals surface area contributed by atoms with Crippen LogP contribution in [-0.4, -0.2) is 57.2 Å². The molecule has 0 unspecified atom stereocenters. The third kappa shape index (κ3) is 5.80. The predicted molar refractivity (Wildman–Crippen MR) is 86.6 cm³/mol. The van der Waals surface area contributed by atoms with Crippen molar-refractivity contribution in [2.45, 2.75) is 19.3 Å². The standard InChI is InChI=1S/C15H23N3O4S/c1-22-14-7-3-6-13(17-14)9-15(19)18-8-4-5-12(11-18)10-16-23(2,20)21/h3,6-7,12,16H,4-5,8-11H2,1-2H3/t12-/m0/s1. The first-order valence-electron chi connectivity index (χ1n) is 7.59. The Morgan fingerprint density at radius 2 is 2.26 bits per heavy atom. The van der Waals surface area contributed by atoms with Gasteiger partial charge >= 0.3 is 0 Å². The average Bonchev–Trinajstić information content (AvgIpc) is 2.53. The molecule has 0 bridgehead atoms. The number of methoxy groups -OCH3 is 1. The van der Waals surface area contributed by atoms with Gasteiger partial charge in [-0.15, -0.1) is 0 Å². The molecule has 2 rings (SSSR count). The highest BCUT2D eigenvalue weighted by Gasteiger charge is 2.24. The van der Waals surface area contributed by atoms with Crippen molar-refractivity contribution >= 4 is 15.9 Å². The second kappa shape index (κ2) is 7.74. The van der Waals surface area contributed by atoms with Crippen LogP contribution >= 0.6 is 0 Å². The van der Waals surface area contributed by atoms with Gasteiger partial charge in [0.1, 0.15) is 0 Å². The van der Waals surface area contributed by atoms with Crippen LogP contribution in [0.4, 0.5) is 0 Å². The number of carbonyl (C=O) groups is 1. The van der Waals surface area contributed by atoms with Gasteiger partial charge in [-0.2, -0.15) is 0 Å². The van der Waals surface area contributed by atoms with Crippen molar-refractivity contribution in [1.82, 2.24) is 14.6 Å². The number of rotatable bonds is 6. The summed E-state index contributed by atoms with van der Waals surface area (Å²) < 4.78 is 29.9. The number of pyridine rings is 1. The first-order valence-corrected chi connectivity index (χ1v) is 9.49. The summed E-state index contributed by atoms with van der Waals surface area (Å²) >= 11 is 0. The zero-order chi connectivity index (χ0) is 16.9. The first-order chi connectivity index (χ1) is 10.9. The largest absolute Gasteiger partial charge is 0.481 e. The number of amides is 1. The fourth-order valence-electron chi connectivity index (χ4n) is 2.66. The number of piperidine rings is 1. The van der Waals surface area contributed by atoms with Crippen molar-refractivity contribution in [3.8, 4) is 5.88 Å². The number of sulfonamides is 1. The maximum Gasteiger partial charge on any atom is 0.228 e. The topological polar surface area (TPSA) is 88.6 Å². The van der Waals surface area contributed by atoms with E-state index in [0.717, 1.165) is 19.1 Å². The summed E-state index contributed by atoms with van der Waals surface area (Å²) in [5.41, 5.74) is 0.672. The lowest BCUT2D eigenvalue weighted by Gasteiger charge is -2.32. The molecular formula is C15H23N3O4S. The first kappa shape index (κ1) is 17.7. The van der Waals surface area contributed by atoms with E-state index in [-0.39, 0.29) is 18.2 Å². The third-order valence-corrected chi connectivity index (χ3v) is 4.52. The number of nitrogens with zero attached hydrogens (tertiary/aromatic N) is 2. The molecule has 2 heterocycles. The summed E-state index contributed by atoms with van der Waals surface area (Å²) in [4.78, 5) is 18.5. The molecule has 23 heavy (non-hydrogen) atoms. The Balaban J connectivity index is 1.91. The molecule has 0 radical (unpaired) electrons. The minimum absolute atomic E-state index is 0.00908. The second-order valence-corrected chi connectivity index (χ2v) is 7.65. The molecule has 1 aliphatic rings. The summed E-state index contributed by atoms with van der Waals surface area (Å²) in [5.74, 6) is 0.652. The Kier molecular flexibility index (Phi) is 5.95. The number of hydrogen-bond acceptors (Lipinski definition) is 5. The molecule has 1 N–H and O–H groups in total. The monoisotopic (exact) mass is 341 g/mol. The van der Waals surface area contributed by atoms with E-state index >= 15 is 0 Å². The molecule has 0 aliphatic carbocycles. The van der Waals surface area contributed by atoms with Crippen molar-refractivity contribution in [3.63, 3.8) is 0 Å². The highest BCUT2D eigenvalue weighted by Crippen LogP contribution is 2.17. The number of nitrogens with one attached hydrogen (secondary N) is 1. The SMILES string of the molecule is COc1cccc(CC(=O)N2CCC[C@@H](CNS(C)(=O)=O)C2)n1. The number of likely N-dealkylation sites (tertiary alicyclic amines) is 1. The van der Waals surface area contributed by atoms with Crippen molar-refractivity contribution < 1.29 is 17.9 Å². The molecule has 0 aromatic carbocycles. The highest BCUT2D eigenvalue weighted by atomic mass is 32.2. The zero-order valence-corrected chi connectivity index (χ0v) is 14.3. The molecule has 0 spiro atoms. The molecule has 1 amide bonds. The Morgan fingerprint density at radius 3 is 2.96 bits per heavy atom. The minimum Gasteiger partial charge on any atom is -0.481 e. The predicted octanol–water partition coefficient (Wildman–Crippen LogP) is 0.421. The zero-order valence-electron chi connectivity index (χ0n) is 13.5. The lowest BCUT2D eigenvalue weighted by atomic mass is 9.98. The number of ether oxygens (including phenoxy) is 1. The summed E-state index contributed by atoms with van der Waals surface area (Å²) in [6.45, 7) is 1.66. The highest BCUT2D eigenvalue weighted by molar-refractivity contribution is 7.88. The van der Waals surface area contributed by atoms with Crippen LogP contribution in [0.25, 0.3) is 0 Å². The molecular weight excluding hydrogens is 318 g/mol. The van der Waals surface area contributed by atoms with Crippen molar-refractivity contribution in [3.05, 3.63) is 23.9 Å². The molecule has 0 saturated carbocycles. The summed E-state index contributed by atoms with van der Waals surface area (Å²) in [7, 11) is -1.66.